The van der Waals surface area contributed by atoms with Gasteiger partial charge in [0.2, 0.25) is 5.82 Å². The summed E-state index contributed by atoms with van der Waals surface area (Å²) < 4.78 is 186. The fourth-order valence-electron chi connectivity index (χ4n) is 3.36. The first kappa shape index (κ1) is 28.8. The summed E-state index contributed by atoms with van der Waals surface area (Å²) in [6.07, 6.45) is 0. The summed E-state index contributed by atoms with van der Waals surface area (Å²) in [6.45, 7) is 0. The Morgan fingerprint density at radius 1 is 0.436 bits per heavy atom. The minimum Gasteiger partial charge on any atom is -0.204 e. The zero-order valence-corrected chi connectivity index (χ0v) is 19.9. The van der Waals surface area contributed by atoms with E-state index in [0.29, 0.717) is 0 Å². The summed E-state index contributed by atoms with van der Waals surface area (Å²) in [6, 6.07) is 5.35. The Morgan fingerprint density at radius 3 is 1.41 bits per heavy atom. The third kappa shape index (κ3) is 4.73. The Balaban J connectivity index is 2.15. The highest BCUT2D eigenvalue weighted by Crippen LogP contribution is 2.45. The van der Waals surface area contributed by atoms with Crippen LogP contribution in [0.4, 0.5) is 57.1 Å². The van der Waals surface area contributed by atoms with Crippen molar-refractivity contribution in [1.29, 1.82) is 0 Å². The van der Waals surface area contributed by atoms with Gasteiger partial charge < -0.3 is 0 Å². The highest BCUT2D eigenvalue weighted by Gasteiger charge is 2.38. The predicted molar refractivity (Wildman–Crippen MR) is 115 cm³/mol. The zero-order chi connectivity index (χ0) is 28.9. The molecule has 1 unspecified atom stereocenters. The third-order valence-electron chi connectivity index (χ3n) is 5.13. The Bertz CT molecular complexity index is 1600. The fraction of sp³-hybridized carbons (Fsp3) is 0. The molecule has 0 aliphatic carbocycles. The average molecular weight is 604 g/mol. The largest absolute Gasteiger partial charge is 0.204 e. The van der Waals surface area contributed by atoms with E-state index < -0.39 is 121 Å². The molecule has 4 aromatic rings. The number of hydrogen-bond donors (Lipinski definition) is 0. The summed E-state index contributed by atoms with van der Waals surface area (Å²) in [5, 5.41) is -3.85. The monoisotopic (exact) mass is 604 g/mol. The summed E-state index contributed by atoms with van der Waals surface area (Å²) >= 11 is -0.551. The molecular weight excluding hydrogens is 598 g/mol. The minimum atomic E-state index is -3.57. The highest BCUT2D eigenvalue weighted by molar-refractivity contribution is 8.00. The Morgan fingerprint density at radius 2 is 0.872 bits per heavy atom. The van der Waals surface area contributed by atoms with E-state index in [1.54, 1.807) is 0 Å². The molecule has 0 nitrogen and oxygen atoms in total. The number of halogens is 13. The lowest BCUT2D eigenvalue weighted by Crippen LogP contribution is -2.32. The van der Waals surface area contributed by atoms with Gasteiger partial charge in [-0.1, -0.05) is 42.1 Å². The maximum atomic E-state index is 15.3. The van der Waals surface area contributed by atoms with Gasteiger partial charge in [-0.25, -0.2) is 57.1 Å². The summed E-state index contributed by atoms with van der Waals surface area (Å²) in [5.41, 5.74) is 0. The van der Waals surface area contributed by atoms with Crippen LogP contribution in [0, 0.1) is 75.6 Å². The normalized spacial score (nSPS) is 12.2. The smallest absolute Gasteiger partial charge is 0.200 e. The van der Waals surface area contributed by atoms with Crippen molar-refractivity contribution in [1.82, 2.24) is 0 Å². The van der Waals surface area contributed by atoms with Gasteiger partial charge in [-0.2, -0.15) is 0 Å². The molecule has 0 N–H and O–H groups in total. The fourth-order valence-corrected chi connectivity index (χ4v) is 7.10. The van der Waals surface area contributed by atoms with E-state index in [0.717, 1.165) is 24.3 Å². The first-order valence-corrected chi connectivity index (χ1v) is 12.2. The molecule has 15 heteroatoms. The van der Waals surface area contributed by atoms with E-state index in [-0.39, 0.29) is 6.07 Å². The lowest BCUT2D eigenvalue weighted by molar-refractivity contribution is 0.384. The van der Waals surface area contributed by atoms with Gasteiger partial charge >= 0.3 is 0 Å². The van der Waals surface area contributed by atoms with Crippen LogP contribution in [0.25, 0.3) is 0 Å². The van der Waals surface area contributed by atoms with Crippen LogP contribution in [0.15, 0.2) is 46.2 Å². The van der Waals surface area contributed by atoms with Gasteiger partial charge in [0.15, 0.2) is 69.8 Å². The van der Waals surface area contributed by atoms with Gasteiger partial charge in [-0.3, -0.25) is 0 Å². The molecule has 0 spiro atoms. The van der Waals surface area contributed by atoms with E-state index in [1.165, 1.54) is 6.07 Å². The minimum absolute atomic E-state index is 0.0655. The van der Waals surface area contributed by atoms with Crippen LogP contribution in [0.3, 0.4) is 0 Å². The van der Waals surface area contributed by atoms with Crippen molar-refractivity contribution in [3.05, 3.63) is 112 Å². The van der Waals surface area contributed by atoms with Gasteiger partial charge in [0.05, 0.1) is 15.1 Å². The van der Waals surface area contributed by atoms with Crippen LogP contribution >= 0.6 is 19.7 Å². The molecule has 0 aliphatic rings. The SMILES string of the molecule is Fc1cc(Sc2c(F)c(F)c(F)c(F)c2P(c2ccccc2)c2c(F)c(F)c(F)c(F)c2F)c(F)c(F)c1F. The summed E-state index contributed by atoms with van der Waals surface area (Å²) in [5.74, 6) is -31.6. The lowest BCUT2D eigenvalue weighted by atomic mass is 10.3. The van der Waals surface area contributed by atoms with Crippen molar-refractivity contribution in [3.8, 4) is 0 Å². The van der Waals surface area contributed by atoms with Crippen LogP contribution in [0.2, 0.25) is 0 Å². The summed E-state index contributed by atoms with van der Waals surface area (Å²) in [7, 11) is -3.57. The molecule has 0 saturated heterocycles. The standard InChI is InChI=1S/C24H6F13PS/c25-8-6-9(11(27)12(28)10(8)26)39-24-21(37)17(33)16(32)20(36)23(24)38(7-4-2-1-3-5-7)22-18(34)14(30)13(29)15(31)19(22)35/h1-6H. The molecule has 0 heterocycles. The first-order chi connectivity index (χ1) is 18.3. The van der Waals surface area contributed by atoms with E-state index in [2.05, 4.69) is 0 Å². The molecule has 4 rings (SSSR count). The van der Waals surface area contributed by atoms with E-state index in [9.17, 15) is 48.3 Å². The highest BCUT2D eigenvalue weighted by atomic mass is 32.2. The van der Waals surface area contributed by atoms with Crippen LogP contribution in [-0.2, 0) is 0 Å². The number of rotatable bonds is 5. The Hall–Kier alpha value is -3.25. The Kier molecular flexibility index (Phi) is 7.91. The van der Waals surface area contributed by atoms with Crippen molar-refractivity contribution < 1.29 is 57.1 Å². The molecule has 1 atom stereocenters. The molecule has 0 aromatic heterocycles. The van der Waals surface area contributed by atoms with Gasteiger partial charge in [0, 0.05) is 5.30 Å². The van der Waals surface area contributed by atoms with Crippen molar-refractivity contribution in [2.75, 3.05) is 0 Å². The first-order valence-electron chi connectivity index (χ1n) is 10.0. The topological polar surface area (TPSA) is 0 Å². The molecule has 39 heavy (non-hydrogen) atoms. The van der Waals surface area contributed by atoms with Crippen LogP contribution < -0.4 is 15.9 Å². The lowest BCUT2D eigenvalue weighted by Gasteiger charge is -2.24. The molecule has 0 radical (unpaired) electrons. The Labute approximate surface area is 214 Å². The number of benzene rings is 4. The third-order valence-corrected chi connectivity index (χ3v) is 8.91. The maximum absolute atomic E-state index is 15.3. The molecule has 0 saturated carbocycles. The molecule has 0 aliphatic heterocycles. The second-order valence-electron chi connectivity index (χ2n) is 7.42. The van der Waals surface area contributed by atoms with Crippen molar-refractivity contribution in [3.63, 3.8) is 0 Å². The van der Waals surface area contributed by atoms with Crippen molar-refractivity contribution in [2.45, 2.75) is 9.79 Å². The van der Waals surface area contributed by atoms with E-state index in [4.69, 9.17) is 0 Å². The van der Waals surface area contributed by atoms with E-state index >= 15 is 8.78 Å². The van der Waals surface area contributed by atoms with Crippen molar-refractivity contribution in [2.24, 2.45) is 0 Å². The zero-order valence-electron chi connectivity index (χ0n) is 18.2. The van der Waals surface area contributed by atoms with Gasteiger partial charge in [0.1, 0.15) is 0 Å². The van der Waals surface area contributed by atoms with Crippen LogP contribution in [0.5, 0.6) is 0 Å². The maximum Gasteiger partial charge on any atom is 0.200 e. The number of hydrogen-bond acceptors (Lipinski definition) is 1. The van der Waals surface area contributed by atoms with Crippen molar-refractivity contribution >= 4 is 35.6 Å². The van der Waals surface area contributed by atoms with Crippen LogP contribution in [0.1, 0.15) is 0 Å². The quantitative estimate of drug-likeness (QED) is 0.0991. The van der Waals surface area contributed by atoms with E-state index in [1.807, 2.05) is 0 Å². The molecule has 204 valence electrons. The van der Waals surface area contributed by atoms with Gasteiger partial charge in [0.25, 0.3) is 0 Å². The van der Waals surface area contributed by atoms with Gasteiger partial charge in [-0.05, 0) is 19.3 Å². The summed E-state index contributed by atoms with van der Waals surface area (Å²) in [4.78, 5) is -2.94. The van der Waals surface area contributed by atoms with Gasteiger partial charge in [-0.15, -0.1) is 0 Å². The predicted octanol–water partition coefficient (Wildman–Crippen LogP) is 7.40. The second kappa shape index (κ2) is 10.7. The second-order valence-corrected chi connectivity index (χ2v) is 10.6. The molecule has 0 fully saturated rings. The van der Waals surface area contributed by atoms with Crippen LogP contribution in [-0.4, -0.2) is 0 Å². The molecule has 0 bridgehead atoms. The average Bonchev–Trinajstić information content (AvgIpc) is 2.93. The molecular formula is C24H6F13PS. The molecule has 0 amide bonds. The molecule has 4 aromatic carbocycles.